The molecule has 230 valence electrons. The maximum Gasteiger partial charge on any atom is 0.248 e. The SMILES string of the molecule is CC(C)(C)[Si](C)(C)O[C@@H](CN[C@@H](CI)Cc1cccc(CCN)c1)c1ccc(OCc2ccccc2)c2[nH]c(=O)ccc12. The number of aromatic amines is 1. The molecule has 4 N–H and O–H groups in total. The minimum absolute atomic E-state index is 0.0419. The zero-order valence-electron chi connectivity index (χ0n) is 26.1. The molecule has 6 nitrogen and oxygen atoms in total. The lowest BCUT2D eigenvalue weighted by atomic mass is 10.0. The van der Waals surface area contributed by atoms with Crippen molar-refractivity contribution in [2.45, 2.75) is 70.5 Å². The quantitative estimate of drug-likeness (QED) is 0.0726. The number of hydrogen-bond acceptors (Lipinski definition) is 5. The Hall–Kier alpha value is -2.50. The van der Waals surface area contributed by atoms with Crippen molar-refractivity contribution in [3.05, 3.63) is 111 Å². The number of aromatic nitrogens is 1. The van der Waals surface area contributed by atoms with E-state index < -0.39 is 8.32 Å². The van der Waals surface area contributed by atoms with Crippen LogP contribution in [0.3, 0.4) is 0 Å². The van der Waals surface area contributed by atoms with Gasteiger partial charge in [0, 0.05) is 28.5 Å². The first-order valence-corrected chi connectivity index (χ1v) is 19.5. The second-order valence-electron chi connectivity index (χ2n) is 12.7. The molecule has 0 bridgehead atoms. The summed E-state index contributed by atoms with van der Waals surface area (Å²) >= 11 is 2.47. The van der Waals surface area contributed by atoms with E-state index in [4.69, 9.17) is 14.9 Å². The number of benzene rings is 3. The van der Waals surface area contributed by atoms with Gasteiger partial charge in [-0.2, -0.15) is 0 Å². The minimum atomic E-state index is -2.15. The lowest BCUT2D eigenvalue weighted by Gasteiger charge is -2.40. The van der Waals surface area contributed by atoms with Crippen LogP contribution in [-0.2, 0) is 23.9 Å². The van der Waals surface area contributed by atoms with Crippen LogP contribution in [0.5, 0.6) is 5.75 Å². The van der Waals surface area contributed by atoms with E-state index in [9.17, 15) is 4.79 Å². The largest absolute Gasteiger partial charge is 0.487 e. The fourth-order valence-electron chi connectivity index (χ4n) is 4.95. The van der Waals surface area contributed by atoms with E-state index in [-0.39, 0.29) is 22.7 Å². The smallest absolute Gasteiger partial charge is 0.248 e. The number of hydrogen-bond donors (Lipinski definition) is 3. The molecule has 43 heavy (non-hydrogen) atoms. The maximum absolute atomic E-state index is 12.5. The van der Waals surface area contributed by atoms with Crippen LogP contribution >= 0.6 is 22.6 Å². The maximum atomic E-state index is 12.5. The van der Waals surface area contributed by atoms with Gasteiger partial charge in [0.1, 0.15) is 12.4 Å². The average Bonchev–Trinajstić information content (AvgIpc) is 2.97. The number of nitrogens with one attached hydrogen (secondary N) is 2. The van der Waals surface area contributed by atoms with E-state index >= 15 is 0 Å². The number of rotatable bonds is 14. The summed E-state index contributed by atoms with van der Waals surface area (Å²) in [5.74, 6) is 0.654. The lowest BCUT2D eigenvalue weighted by Crippen LogP contribution is -2.45. The molecule has 0 unspecified atom stereocenters. The molecular formula is C35H46IN3O3Si. The molecule has 0 aliphatic heterocycles. The third-order valence-electron chi connectivity index (χ3n) is 8.40. The van der Waals surface area contributed by atoms with Crippen molar-refractivity contribution in [3.8, 4) is 5.75 Å². The Morgan fingerprint density at radius 2 is 1.67 bits per heavy atom. The monoisotopic (exact) mass is 711 g/mol. The zero-order valence-corrected chi connectivity index (χ0v) is 29.2. The Morgan fingerprint density at radius 3 is 2.37 bits per heavy atom. The van der Waals surface area contributed by atoms with Gasteiger partial charge in [-0.15, -0.1) is 0 Å². The van der Waals surface area contributed by atoms with Crippen LogP contribution in [0.4, 0.5) is 0 Å². The predicted molar refractivity (Wildman–Crippen MR) is 190 cm³/mol. The number of halogens is 1. The highest BCUT2D eigenvalue weighted by molar-refractivity contribution is 14.1. The summed E-state index contributed by atoms with van der Waals surface area (Å²) in [6, 6.07) is 26.6. The number of fused-ring (bicyclic) bond motifs is 1. The third kappa shape index (κ3) is 9.01. The van der Waals surface area contributed by atoms with Gasteiger partial charge in [0.25, 0.3) is 0 Å². The molecule has 4 rings (SSSR count). The fourth-order valence-corrected chi connectivity index (χ4v) is 6.85. The minimum Gasteiger partial charge on any atom is -0.487 e. The summed E-state index contributed by atoms with van der Waals surface area (Å²) < 4.78 is 14.3. The first-order valence-electron chi connectivity index (χ1n) is 15.1. The molecule has 1 heterocycles. The van der Waals surface area contributed by atoms with Crippen LogP contribution in [0.25, 0.3) is 10.9 Å². The van der Waals surface area contributed by atoms with Gasteiger partial charge in [0.15, 0.2) is 8.32 Å². The van der Waals surface area contributed by atoms with E-state index in [0.29, 0.717) is 31.0 Å². The second-order valence-corrected chi connectivity index (χ2v) is 18.4. The van der Waals surface area contributed by atoms with E-state index in [2.05, 4.69) is 97.1 Å². The van der Waals surface area contributed by atoms with Crippen LogP contribution in [0, 0.1) is 0 Å². The predicted octanol–water partition coefficient (Wildman–Crippen LogP) is 7.31. The standard InChI is InChI=1S/C35H46IN3O3Si/c1-35(2,3)43(4,5)42-32(23-38-28(22-36)21-27-13-9-12-25(20-27)18-19-37)29-14-16-31(34-30(29)15-17-33(40)39-34)41-24-26-10-7-6-8-11-26/h6-17,20,28,32,38H,18-19,21-24,37H2,1-5H3,(H,39,40)/t28-,32+/m1/s1. The molecule has 3 aromatic carbocycles. The third-order valence-corrected chi connectivity index (χ3v) is 14.0. The van der Waals surface area contributed by atoms with Crippen molar-refractivity contribution in [1.29, 1.82) is 0 Å². The normalized spacial score (nSPS) is 13.7. The van der Waals surface area contributed by atoms with Crippen LogP contribution < -0.4 is 21.3 Å². The molecule has 0 saturated heterocycles. The zero-order chi connectivity index (χ0) is 31.0. The molecule has 1 aromatic heterocycles. The molecule has 0 fully saturated rings. The number of pyridine rings is 1. The highest BCUT2D eigenvalue weighted by Crippen LogP contribution is 2.41. The summed E-state index contributed by atoms with van der Waals surface area (Å²) in [5.41, 5.74) is 11.1. The Morgan fingerprint density at radius 1 is 0.953 bits per heavy atom. The summed E-state index contributed by atoms with van der Waals surface area (Å²) in [7, 11) is -2.15. The number of H-pyrrole nitrogens is 1. The fraction of sp³-hybridized carbons (Fsp3) is 0.400. The highest BCUT2D eigenvalue weighted by atomic mass is 127. The molecule has 2 atom stereocenters. The van der Waals surface area contributed by atoms with Crippen LogP contribution in [-0.4, -0.2) is 36.9 Å². The van der Waals surface area contributed by atoms with Gasteiger partial charge >= 0.3 is 0 Å². The van der Waals surface area contributed by atoms with Crippen molar-refractivity contribution in [3.63, 3.8) is 0 Å². The van der Waals surface area contributed by atoms with Gasteiger partial charge in [-0.1, -0.05) is 104 Å². The van der Waals surface area contributed by atoms with Gasteiger partial charge in [0.2, 0.25) is 5.56 Å². The van der Waals surface area contributed by atoms with Crippen LogP contribution in [0.1, 0.15) is 49.1 Å². The van der Waals surface area contributed by atoms with Crippen LogP contribution in [0.15, 0.2) is 83.7 Å². The summed E-state index contributed by atoms with van der Waals surface area (Å²) in [4.78, 5) is 15.5. The van der Waals surface area contributed by atoms with E-state index in [0.717, 1.165) is 33.8 Å². The topological polar surface area (TPSA) is 89.4 Å². The second kappa shape index (κ2) is 15.0. The summed E-state index contributed by atoms with van der Waals surface area (Å²) in [6.45, 7) is 13.1. The van der Waals surface area contributed by atoms with Crippen molar-refractivity contribution >= 4 is 41.8 Å². The van der Waals surface area contributed by atoms with Crippen molar-refractivity contribution < 1.29 is 9.16 Å². The van der Waals surface area contributed by atoms with E-state index in [1.165, 1.54) is 11.1 Å². The number of nitrogens with two attached hydrogens (primary N) is 1. The van der Waals surface area contributed by atoms with Gasteiger partial charge in [-0.25, -0.2) is 0 Å². The molecule has 8 heteroatoms. The highest BCUT2D eigenvalue weighted by Gasteiger charge is 2.40. The molecule has 0 aliphatic rings. The Balaban J connectivity index is 1.65. The molecule has 0 aliphatic carbocycles. The lowest BCUT2D eigenvalue weighted by molar-refractivity contribution is 0.178. The van der Waals surface area contributed by atoms with Crippen molar-refractivity contribution in [1.82, 2.24) is 10.3 Å². The number of alkyl halides is 1. The Kier molecular flexibility index (Phi) is 11.6. The van der Waals surface area contributed by atoms with Crippen molar-refractivity contribution in [2.24, 2.45) is 5.73 Å². The summed E-state index contributed by atoms with van der Waals surface area (Å²) in [5, 5.41) is 4.82. The van der Waals surface area contributed by atoms with Crippen LogP contribution in [0.2, 0.25) is 18.1 Å². The van der Waals surface area contributed by atoms with Gasteiger partial charge in [-0.3, -0.25) is 4.79 Å². The van der Waals surface area contributed by atoms with Gasteiger partial charge < -0.3 is 25.2 Å². The van der Waals surface area contributed by atoms with Gasteiger partial charge in [-0.05, 0) is 71.9 Å². The average molecular weight is 712 g/mol. The van der Waals surface area contributed by atoms with E-state index in [1.807, 2.05) is 42.5 Å². The Bertz CT molecular complexity index is 1540. The van der Waals surface area contributed by atoms with E-state index in [1.54, 1.807) is 6.07 Å². The molecule has 0 amide bonds. The van der Waals surface area contributed by atoms with Gasteiger partial charge in [0.05, 0.1) is 11.6 Å². The summed E-state index contributed by atoms with van der Waals surface area (Å²) in [6.07, 6.45) is 1.61. The molecular weight excluding hydrogens is 665 g/mol. The number of ether oxygens (including phenoxy) is 1. The first-order chi connectivity index (χ1) is 20.5. The molecule has 0 spiro atoms. The molecule has 0 radical (unpaired) electrons. The first kappa shape index (κ1) is 33.4. The molecule has 4 aromatic rings. The Labute approximate surface area is 271 Å². The molecule has 0 saturated carbocycles. The van der Waals surface area contributed by atoms with Crippen molar-refractivity contribution in [2.75, 3.05) is 17.5 Å².